The standard InChI is InChI=1S/C9H4BrF3OS/c10-8-4-2-1-3-7(8)5-6-15-14-9(11,12)13/h1-4H. The normalized spacial score (nSPS) is 10.7. The van der Waals surface area contributed by atoms with Crippen LogP contribution in [0.2, 0.25) is 0 Å². The summed E-state index contributed by atoms with van der Waals surface area (Å²) in [5.74, 6) is 2.53. The van der Waals surface area contributed by atoms with E-state index in [4.69, 9.17) is 0 Å². The van der Waals surface area contributed by atoms with E-state index in [1.807, 2.05) is 0 Å². The van der Waals surface area contributed by atoms with Gasteiger partial charge in [0.2, 0.25) is 0 Å². The Morgan fingerprint density at radius 1 is 1.27 bits per heavy atom. The maximum Gasteiger partial charge on any atom is 0.534 e. The van der Waals surface area contributed by atoms with E-state index in [1.165, 1.54) is 0 Å². The lowest BCUT2D eigenvalue weighted by molar-refractivity contribution is -0.266. The van der Waals surface area contributed by atoms with Gasteiger partial charge in [-0.3, -0.25) is 0 Å². The molecule has 0 aromatic heterocycles. The van der Waals surface area contributed by atoms with Gasteiger partial charge >= 0.3 is 6.36 Å². The number of hydrogen-bond donors (Lipinski definition) is 0. The van der Waals surface area contributed by atoms with Gasteiger partial charge in [0.25, 0.3) is 0 Å². The summed E-state index contributed by atoms with van der Waals surface area (Å²) in [7, 11) is 0. The first-order valence-corrected chi connectivity index (χ1v) is 5.19. The number of hydrogen-bond acceptors (Lipinski definition) is 2. The lowest BCUT2D eigenvalue weighted by Crippen LogP contribution is -2.06. The minimum absolute atomic E-state index is 0.0568. The lowest BCUT2D eigenvalue weighted by atomic mass is 10.2. The van der Waals surface area contributed by atoms with E-state index in [0.29, 0.717) is 5.56 Å². The highest BCUT2D eigenvalue weighted by Gasteiger charge is 2.29. The Labute approximate surface area is 97.3 Å². The van der Waals surface area contributed by atoms with Crippen molar-refractivity contribution in [1.29, 1.82) is 0 Å². The molecule has 0 aliphatic heterocycles. The Kier molecular flexibility index (Phi) is 4.51. The minimum atomic E-state index is -4.66. The summed E-state index contributed by atoms with van der Waals surface area (Å²) in [6, 6.07) is 6.96. The maximum atomic E-state index is 11.5. The third kappa shape index (κ3) is 5.11. The van der Waals surface area contributed by atoms with Gasteiger partial charge in [0, 0.05) is 15.3 Å². The van der Waals surface area contributed by atoms with Crippen LogP contribution < -0.4 is 0 Å². The average molecular weight is 297 g/mol. The monoisotopic (exact) mass is 296 g/mol. The third-order valence-corrected chi connectivity index (χ3v) is 2.39. The molecule has 80 valence electrons. The van der Waals surface area contributed by atoms with Crippen LogP contribution in [-0.2, 0) is 4.18 Å². The van der Waals surface area contributed by atoms with Crippen molar-refractivity contribution in [3.63, 3.8) is 0 Å². The second kappa shape index (κ2) is 5.45. The van der Waals surface area contributed by atoms with Crippen molar-refractivity contribution in [2.45, 2.75) is 6.36 Å². The minimum Gasteiger partial charge on any atom is -0.207 e. The van der Waals surface area contributed by atoms with Crippen LogP contribution in [0.1, 0.15) is 5.56 Å². The van der Waals surface area contributed by atoms with E-state index in [9.17, 15) is 13.2 Å². The van der Waals surface area contributed by atoms with Gasteiger partial charge in [0.1, 0.15) is 0 Å². The average Bonchev–Trinajstić information content (AvgIpc) is 2.13. The molecule has 0 saturated heterocycles. The molecule has 0 atom stereocenters. The predicted octanol–water partition coefficient (Wildman–Crippen LogP) is 3.94. The maximum absolute atomic E-state index is 11.5. The number of rotatable bonds is 1. The second-order valence-electron chi connectivity index (χ2n) is 2.32. The van der Waals surface area contributed by atoms with Crippen molar-refractivity contribution >= 4 is 28.0 Å². The molecule has 1 nitrogen and oxygen atoms in total. The molecule has 0 bridgehead atoms. The van der Waals surface area contributed by atoms with E-state index in [-0.39, 0.29) is 12.0 Å². The van der Waals surface area contributed by atoms with Crippen molar-refractivity contribution in [1.82, 2.24) is 0 Å². The van der Waals surface area contributed by atoms with Crippen LogP contribution in [0, 0.1) is 11.2 Å². The molecule has 15 heavy (non-hydrogen) atoms. The third-order valence-electron chi connectivity index (χ3n) is 1.24. The largest absolute Gasteiger partial charge is 0.534 e. The van der Waals surface area contributed by atoms with Crippen molar-refractivity contribution in [3.05, 3.63) is 34.3 Å². The zero-order valence-corrected chi connectivity index (χ0v) is 9.54. The number of benzene rings is 1. The number of alkyl halides is 3. The molecule has 0 saturated carbocycles. The van der Waals surface area contributed by atoms with Gasteiger partial charge < -0.3 is 0 Å². The van der Waals surface area contributed by atoms with Gasteiger partial charge in [0.15, 0.2) is 0 Å². The van der Waals surface area contributed by atoms with Gasteiger partial charge in [-0.25, -0.2) is 4.18 Å². The summed E-state index contributed by atoms with van der Waals surface area (Å²) >= 11 is 3.27. The summed E-state index contributed by atoms with van der Waals surface area (Å²) in [4.78, 5) is 0. The van der Waals surface area contributed by atoms with Crippen LogP contribution in [0.15, 0.2) is 28.7 Å². The predicted molar refractivity (Wildman–Crippen MR) is 55.8 cm³/mol. The summed E-state index contributed by atoms with van der Waals surface area (Å²) < 4.78 is 38.8. The lowest BCUT2D eigenvalue weighted by Gasteiger charge is -1.99. The molecular formula is C9H4BrF3OS. The fraction of sp³-hybridized carbons (Fsp3) is 0.111. The van der Waals surface area contributed by atoms with Gasteiger partial charge in [-0.15, -0.1) is 13.2 Å². The summed E-state index contributed by atoms with van der Waals surface area (Å²) in [6.45, 7) is 0. The Morgan fingerprint density at radius 2 is 1.93 bits per heavy atom. The van der Waals surface area contributed by atoms with E-state index in [2.05, 4.69) is 31.3 Å². The van der Waals surface area contributed by atoms with E-state index >= 15 is 0 Å². The smallest absolute Gasteiger partial charge is 0.207 e. The first-order valence-electron chi connectivity index (χ1n) is 3.66. The summed E-state index contributed by atoms with van der Waals surface area (Å²) in [5.41, 5.74) is 0.607. The van der Waals surface area contributed by atoms with Crippen LogP contribution in [0.3, 0.4) is 0 Å². The van der Waals surface area contributed by atoms with Crippen LogP contribution >= 0.6 is 28.0 Å². The Morgan fingerprint density at radius 3 is 2.53 bits per heavy atom. The van der Waals surface area contributed by atoms with Gasteiger partial charge in [-0.05, 0) is 28.1 Å². The van der Waals surface area contributed by atoms with Crippen LogP contribution in [0.5, 0.6) is 0 Å². The Balaban J connectivity index is 2.56. The Hall–Kier alpha value is -0.640. The molecule has 0 aliphatic rings. The number of halogens is 4. The first kappa shape index (κ1) is 12.4. The quantitative estimate of drug-likeness (QED) is 0.573. The van der Waals surface area contributed by atoms with Gasteiger partial charge in [0.05, 0.1) is 12.0 Å². The fourth-order valence-corrected chi connectivity index (χ4v) is 1.38. The van der Waals surface area contributed by atoms with Gasteiger partial charge in [-0.2, -0.15) is 0 Å². The molecule has 0 radical (unpaired) electrons. The zero-order valence-electron chi connectivity index (χ0n) is 7.14. The molecule has 0 fully saturated rings. The highest BCUT2D eigenvalue weighted by atomic mass is 79.9. The molecule has 0 N–H and O–H groups in total. The molecule has 1 aromatic carbocycles. The molecule has 0 aliphatic carbocycles. The van der Waals surface area contributed by atoms with Crippen molar-refractivity contribution in [2.24, 2.45) is 0 Å². The van der Waals surface area contributed by atoms with E-state index in [0.717, 1.165) is 4.47 Å². The van der Waals surface area contributed by atoms with Gasteiger partial charge in [-0.1, -0.05) is 18.1 Å². The Bertz CT molecular complexity index is 394. The molecule has 0 spiro atoms. The highest BCUT2D eigenvalue weighted by molar-refractivity contribution is 9.10. The SMILES string of the molecule is FC(F)(F)OSC#Cc1ccccc1Br. The summed E-state index contributed by atoms with van der Waals surface area (Å²) in [6.07, 6.45) is -4.66. The van der Waals surface area contributed by atoms with Crippen LogP contribution in [0.4, 0.5) is 13.2 Å². The van der Waals surface area contributed by atoms with Crippen molar-refractivity contribution in [3.8, 4) is 11.2 Å². The molecule has 0 amide bonds. The molecule has 1 aromatic rings. The van der Waals surface area contributed by atoms with Crippen LogP contribution in [-0.4, -0.2) is 6.36 Å². The van der Waals surface area contributed by atoms with Crippen molar-refractivity contribution < 1.29 is 17.4 Å². The second-order valence-corrected chi connectivity index (χ2v) is 3.71. The first-order chi connectivity index (χ1) is 6.99. The van der Waals surface area contributed by atoms with Crippen LogP contribution in [0.25, 0.3) is 0 Å². The fourth-order valence-electron chi connectivity index (χ4n) is 0.706. The molecule has 0 unspecified atom stereocenters. The summed E-state index contributed by atoms with van der Waals surface area (Å²) in [5, 5.41) is 2.19. The van der Waals surface area contributed by atoms with E-state index < -0.39 is 6.36 Å². The topological polar surface area (TPSA) is 9.23 Å². The van der Waals surface area contributed by atoms with E-state index in [1.54, 1.807) is 24.3 Å². The molecule has 6 heteroatoms. The molecular weight excluding hydrogens is 293 g/mol. The molecule has 0 heterocycles. The highest BCUT2D eigenvalue weighted by Crippen LogP contribution is 2.22. The zero-order chi connectivity index (χ0) is 11.3. The molecule has 1 rings (SSSR count). The van der Waals surface area contributed by atoms with Crippen molar-refractivity contribution in [2.75, 3.05) is 0 Å².